The minimum atomic E-state index is -0.467. The van der Waals surface area contributed by atoms with Crippen molar-refractivity contribution in [2.24, 2.45) is 0 Å². The molecule has 0 bridgehead atoms. The van der Waals surface area contributed by atoms with Gasteiger partial charge >= 0.3 is 5.97 Å². The first-order chi connectivity index (χ1) is 11.6. The fourth-order valence-corrected chi connectivity index (χ4v) is 3.26. The first-order valence-corrected chi connectivity index (χ1v) is 8.81. The monoisotopic (exact) mass is 367 g/mol. The van der Waals surface area contributed by atoms with Crippen LogP contribution in [-0.4, -0.2) is 31.5 Å². The molecule has 0 unspecified atom stereocenters. The van der Waals surface area contributed by atoms with E-state index in [2.05, 4.69) is 5.32 Å². The van der Waals surface area contributed by atoms with Crippen LogP contribution in [0.15, 0.2) is 29.6 Å². The van der Waals surface area contributed by atoms with Crippen LogP contribution in [0, 0.1) is 0 Å². The Morgan fingerprint density at radius 3 is 2.54 bits per heavy atom. The van der Waals surface area contributed by atoms with Gasteiger partial charge in [0, 0.05) is 23.2 Å². The molecule has 0 aliphatic heterocycles. The summed E-state index contributed by atoms with van der Waals surface area (Å²) in [6, 6.07) is 7.34. The Kier molecular flexibility index (Phi) is 6.63. The number of carbonyl (C=O) groups is 2. The van der Waals surface area contributed by atoms with Crippen LogP contribution < -0.4 is 10.1 Å². The first kappa shape index (κ1) is 18.3. The van der Waals surface area contributed by atoms with E-state index >= 15 is 0 Å². The zero-order chi connectivity index (χ0) is 17.5. The molecule has 24 heavy (non-hydrogen) atoms. The average Bonchev–Trinajstić information content (AvgIpc) is 2.99. The van der Waals surface area contributed by atoms with Crippen LogP contribution >= 0.6 is 22.9 Å². The fraction of sp³-hybridized carbons (Fsp3) is 0.294. The molecule has 1 N–H and O–H groups in total. The maximum atomic E-state index is 12.4. The van der Waals surface area contributed by atoms with Crippen molar-refractivity contribution in [3.05, 3.63) is 35.2 Å². The second-order valence-corrected chi connectivity index (χ2v) is 6.05. The summed E-state index contributed by atoms with van der Waals surface area (Å²) >= 11 is 6.87. The second kappa shape index (κ2) is 8.70. The number of halogens is 1. The Bertz CT molecular complexity index is 712. The van der Waals surface area contributed by atoms with Gasteiger partial charge in [-0.2, -0.15) is 0 Å². The van der Waals surface area contributed by atoms with Gasteiger partial charge < -0.3 is 14.8 Å². The Morgan fingerprint density at radius 1 is 1.25 bits per heavy atom. The maximum absolute atomic E-state index is 12.4. The number of carbonyl (C=O) groups excluding carboxylic acids is 2. The average molecular weight is 368 g/mol. The maximum Gasteiger partial charge on any atom is 0.341 e. The van der Waals surface area contributed by atoms with E-state index in [0.29, 0.717) is 16.1 Å². The van der Waals surface area contributed by atoms with Crippen molar-refractivity contribution in [1.29, 1.82) is 0 Å². The Morgan fingerprint density at radius 2 is 1.96 bits per heavy atom. The van der Waals surface area contributed by atoms with Gasteiger partial charge in [-0.1, -0.05) is 12.1 Å². The molecule has 0 saturated carbocycles. The van der Waals surface area contributed by atoms with Crippen LogP contribution in [0.4, 0.5) is 5.00 Å². The molecule has 0 saturated heterocycles. The zero-order valence-electron chi connectivity index (χ0n) is 13.4. The summed E-state index contributed by atoms with van der Waals surface area (Å²) in [6.07, 6.45) is 0.180. The van der Waals surface area contributed by atoms with Gasteiger partial charge in [-0.15, -0.1) is 22.9 Å². The molecule has 128 valence electrons. The standard InChI is InChI=1S/C17H18ClNO4S/c1-3-23-17(21)15-13(11-4-6-12(22-2)7-5-11)10-24-16(15)19-14(20)8-9-18/h4-7,10H,3,8-9H2,1-2H3,(H,19,20). The molecule has 0 aliphatic carbocycles. The van der Waals surface area contributed by atoms with Gasteiger partial charge in [0.2, 0.25) is 5.91 Å². The third-order valence-electron chi connectivity index (χ3n) is 3.25. The molecular weight excluding hydrogens is 350 g/mol. The van der Waals surface area contributed by atoms with E-state index in [1.807, 2.05) is 29.6 Å². The number of thiophene rings is 1. The molecule has 1 heterocycles. The zero-order valence-corrected chi connectivity index (χ0v) is 15.0. The van der Waals surface area contributed by atoms with E-state index in [0.717, 1.165) is 11.3 Å². The fourth-order valence-electron chi connectivity index (χ4n) is 2.11. The van der Waals surface area contributed by atoms with Crippen LogP contribution in [0.1, 0.15) is 23.7 Å². The number of hydrogen-bond acceptors (Lipinski definition) is 5. The third-order valence-corrected chi connectivity index (χ3v) is 4.33. The molecular formula is C17H18ClNO4S. The van der Waals surface area contributed by atoms with Gasteiger partial charge in [-0.05, 0) is 24.6 Å². The van der Waals surface area contributed by atoms with Gasteiger partial charge in [0.1, 0.15) is 16.3 Å². The van der Waals surface area contributed by atoms with Crippen LogP contribution in [0.3, 0.4) is 0 Å². The number of rotatable bonds is 7. The van der Waals surface area contributed by atoms with E-state index in [1.165, 1.54) is 11.3 Å². The summed E-state index contributed by atoms with van der Waals surface area (Å²) < 4.78 is 10.3. The summed E-state index contributed by atoms with van der Waals surface area (Å²) in [4.78, 5) is 24.2. The molecule has 0 spiro atoms. The molecule has 0 aliphatic rings. The normalized spacial score (nSPS) is 10.3. The lowest BCUT2D eigenvalue weighted by Crippen LogP contribution is -2.14. The highest BCUT2D eigenvalue weighted by Gasteiger charge is 2.22. The van der Waals surface area contributed by atoms with Crippen molar-refractivity contribution in [1.82, 2.24) is 0 Å². The predicted molar refractivity (Wildman–Crippen MR) is 96.2 cm³/mol. The lowest BCUT2D eigenvalue weighted by Gasteiger charge is -2.09. The number of methoxy groups -OCH3 is 1. The van der Waals surface area contributed by atoms with Crippen molar-refractivity contribution in [3.63, 3.8) is 0 Å². The van der Waals surface area contributed by atoms with E-state index in [9.17, 15) is 9.59 Å². The molecule has 0 atom stereocenters. The minimum absolute atomic E-state index is 0.180. The van der Waals surface area contributed by atoms with Crippen molar-refractivity contribution in [3.8, 4) is 16.9 Å². The number of hydrogen-bond donors (Lipinski definition) is 1. The molecule has 2 aromatic rings. The summed E-state index contributed by atoms with van der Waals surface area (Å²) in [5, 5.41) is 5.02. The molecule has 5 nitrogen and oxygen atoms in total. The lowest BCUT2D eigenvalue weighted by atomic mass is 10.0. The quantitative estimate of drug-likeness (QED) is 0.589. The summed E-state index contributed by atoms with van der Waals surface area (Å²) in [5.74, 6) is 0.240. The number of alkyl halides is 1. The van der Waals surface area contributed by atoms with Crippen molar-refractivity contribution in [2.45, 2.75) is 13.3 Å². The van der Waals surface area contributed by atoms with E-state index in [1.54, 1.807) is 14.0 Å². The number of esters is 1. The lowest BCUT2D eigenvalue weighted by molar-refractivity contribution is -0.115. The SMILES string of the molecule is CCOC(=O)c1c(-c2ccc(OC)cc2)csc1NC(=O)CCCl. The third kappa shape index (κ3) is 4.27. The van der Waals surface area contributed by atoms with Gasteiger partial charge in [-0.25, -0.2) is 4.79 Å². The van der Waals surface area contributed by atoms with Crippen molar-refractivity contribution in [2.75, 3.05) is 24.9 Å². The predicted octanol–water partition coefficient (Wildman–Crippen LogP) is 4.17. The van der Waals surface area contributed by atoms with Crippen LogP contribution in [-0.2, 0) is 9.53 Å². The van der Waals surface area contributed by atoms with Crippen LogP contribution in [0.5, 0.6) is 5.75 Å². The summed E-state index contributed by atoms with van der Waals surface area (Å²) in [7, 11) is 1.59. The number of anilines is 1. The Hall–Kier alpha value is -2.05. The molecule has 1 aromatic carbocycles. The molecule has 2 rings (SSSR count). The highest BCUT2D eigenvalue weighted by atomic mass is 35.5. The second-order valence-electron chi connectivity index (χ2n) is 4.79. The van der Waals surface area contributed by atoms with Gasteiger partial charge in [0.15, 0.2) is 0 Å². The largest absolute Gasteiger partial charge is 0.497 e. The van der Waals surface area contributed by atoms with E-state index < -0.39 is 5.97 Å². The van der Waals surface area contributed by atoms with Gasteiger partial charge in [0.05, 0.1) is 13.7 Å². The Balaban J connectivity index is 2.40. The van der Waals surface area contributed by atoms with Gasteiger partial charge in [0.25, 0.3) is 0 Å². The first-order valence-electron chi connectivity index (χ1n) is 7.39. The molecule has 0 fully saturated rings. The topological polar surface area (TPSA) is 64.6 Å². The van der Waals surface area contributed by atoms with Crippen molar-refractivity contribution < 1.29 is 19.1 Å². The van der Waals surface area contributed by atoms with E-state index in [4.69, 9.17) is 21.1 Å². The van der Waals surface area contributed by atoms with Crippen LogP contribution in [0.2, 0.25) is 0 Å². The molecule has 1 aromatic heterocycles. The summed E-state index contributed by atoms with van der Waals surface area (Å²) in [5.41, 5.74) is 1.91. The Labute approximate surface area is 149 Å². The molecule has 0 radical (unpaired) electrons. The summed E-state index contributed by atoms with van der Waals surface area (Å²) in [6.45, 7) is 1.99. The highest BCUT2D eigenvalue weighted by Crippen LogP contribution is 2.36. The smallest absolute Gasteiger partial charge is 0.341 e. The van der Waals surface area contributed by atoms with Gasteiger partial charge in [-0.3, -0.25) is 4.79 Å². The number of amides is 1. The highest BCUT2D eigenvalue weighted by molar-refractivity contribution is 7.15. The van der Waals surface area contributed by atoms with Crippen molar-refractivity contribution >= 4 is 39.8 Å². The molecule has 1 amide bonds. The number of ether oxygens (including phenoxy) is 2. The number of benzene rings is 1. The minimum Gasteiger partial charge on any atom is -0.497 e. The molecule has 7 heteroatoms. The number of nitrogens with one attached hydrogen (secondary N) is 1. The van der Waals surface area contributed by atoms with Crippen LogP contribution in [0.25, 0.3) is 11.1 Å². The van der Waals surface area contributed by atoms with E-state index in [-0.39, 0.29) is 24.8 Å².